The Hall–Kier alpha value is -2.02. The molecule has 6 nitrogen and oxygen atoms in total. The summed E-state index contributed by atoms with van der Waals surface area (Å²) in [6.07, 6.45) is 3.15. The monoisotopic (exact) mass is 306 g/mol. The quantitative estimate of drug-likeness (QED) is 0.831. The van der Waals surface area contributed by atoms with Gasteiger partial charge < -0.3 is 15.5 Å². The molecule has 0 bridgehead atoms. The van der Waals surface area contributed by atoms with Gasteiger partial charge >= 0.3 is 0 Å². The van der Waals surface area contributed by atoms with E-state index in [1.807, 2.05) is 0 Å². The van der Waals surface area contributed by atoms with Crippen molar-refractivity contribution in [2.45, 2.75) is 31.1 Å². The lowest BCUT2D eigenvalue weighted by atomic mass is 10.1. The standard InChI is InChI=1S/C15H19FN4O2/c16-11-3-5-20(9-11)15(22)13-6-12(8-18-13)19-14(21)10-2-1-4-17-7-10/h1-2,4,7,11-13,18H,3,5-6,8-9H2,(H,19,21)/t11?,12-,13-/m0/s1. The van der Waals surface area contributed by atoms with Crippen LogP contribution >= 0.6 is 0 Å². The highest BCUT2D eigenvalue weighted by atomic mass is 19.1. The van der Waals surface area contributed by atoms with Crippen molar-refractivity contribution in [1.82, 2.24) is 20.5 Å². The molecule has 0 saturated carbocycles. The van der Waals surface area contributed by atoms with Crippen molar-refractivity contribution in [3.8, 4) is 0 Å². The zero-order valence-corrected chi connectivity index (χ0v) is 12.2. The van der Waals surface area contributed by atoms with Crippen LogP contribution in [0, 0.1) is 0 Å². The van der Waals surface area contributed by atoms with Gasteiger partial charge in [0, 0.05) is 31.5 Å². The number of pyridine rings is 1. The lowest BCUT2D eigenvalue weighted by Gasteiger charge is -2.20. The van der Waals surface area contributed by atoms with Crippen LogP contribution in [0.4, 0.5) is 4.39 Å². The Balaban J connectivity index is 1.52. The van der Waals surface area contributed by atoms with Gasteiger partial charge in [0.05, 0.1) is 18.2 Å². The molecule has 7 heteroatoms. The number of alkyl halides is 1. The van der Waals surface area contributed by atoms with E-state index in [1.165, 1.54) is 6.20 Å². The fraction of sp³-hybridized carbons (Fsp3) is 0.533. The zero-order valence-electron chi connectivity index (χ0n) is 12.2. The maximum absolute atomic E-state index is 13.2. The highest BCUT2D eigenvalue weighted by molar-refractivity contribution is 5.94. The molecule has 0 spiro atoms. The third-order valence-electron chi connectivity index (χ3n) is 4.13. The molecule has 2 saturated heterocycles. The Kier molecular flexibility index (Phi) is 4.33. The second kappa shape index (κ2) is 6.39. The van der Waals surface area contributed by atoms with E-state index in [0.29, 0.717) is 31.5 Å². The highest BCUT2D eigenvalue weighted by Gasteiger charge is 2.35. The second-order valence-corrected chi connectivity index (χ2v) is 5.78. The van der Waals surface area contributed by atoms with E-state index in [0.717, 1.165) is 0 Å². The van der Waals surface area contributed by atoms with Gasteiger partial charge in [0.15, 0.2) is 0 Å². The maximum Gasteiger partial charge on any atom is 0.253 e. The van der Waals surface area contributed by atoms with Crippen LogP contribution in [0.5, 0.6) is 0 Å². The normalized spacial score (nSPS) is 27.9. The minimum atomic E-state index is -0.911. The molecule has 2 fully saturated rings. The van der Waals surface area contributed by atoms with Crippen molar-refractivity contribution in [3.05, 3.63) is 30.1 Å². The summed E-state index contributed by atoms with van der Waals surface area (Å²) >= 11 is 0. The lowest BCUT2D eigenvalue weighted by molar-refractivity contribution is -0.132. The Morgan fingerprint density at radius 1 is 1.45 bits per heavy atom. The summed E-state index contributed by atoms with van der Waals surface area (Å²) in [7, 11) is 0. The van der Waals surface area contributed by atoms with Crippen molar-refractivity contribution in [1.29, 1.82) is 0 Å². The average molecular weight is 306 g/mol. The van der Waals surface area contributed by atoms with Crippen LogP contribution < -0.4 is 10.6 Å². The minimum absolute atomic E-state index is 0.0710. The number of nitrogens with zero attached hydrogens (tertiary/aromatic N) is 2. The Morgan fingerprint density at radius 2 is 2.32 bits per heavy atom. The number of halogens is 1. The van der Waals surface area contributed by atoms with Crippen molar-refractivity contribution in [3.63, 3.8) is 0 Å². The molecule has 22 heavy (non-hydrogen) atoms. The summed E-state index contributed by atoms with van der Waals surface area (Å²) in [4.78, 5) is 29.8. The summed E-state index contributed by atoms with van der Waals surface area (Å²) in [6.45, 7) is 1.20. The Labute approximate surface area is 128 Å². The van der Waals surface area contributed by atoms with E-state index in [-0.39, 0.29) is 30.4 Å². The average Bonchev–Trinajstić information content (AvgIpc) is 3.16. The fourth-order valence-electron chi connectivity index (χ4n) is 2.94. The number of amides is 2. The molecule has 3 rings (SSSR count). The Morgan fingerprint density at radius 3 is 3.00 bits per heavy atom. The Bertz CT molecular complexity index is 554. The number of aromatic nitrogens is 1. The predicted octanol–water partition coefficient (Wildman–Crippen LogP) is 0.112. The van der Waals surface area contributed by atoms with E-state index in [9.17, 15) is 14.0 Å². The summed E-state index contributed by atoms with van der Waals surface area (Å²) in [5.41, 5.74) is 0.497. The molecule has 1 aromatic heterocycles. The van der Waals surface area contributed by atoms with Gasteiger partial charge in [0.25, 0.3) is 5.91 Å². The van der Waals surface area contributed by atoms with Crippen LogP contribution in [0.3, 0.4) is 0 Å². The zero-order chi connectivity index (χ0) is 15.5. The molecular weight excluding hydrogens is 287 g/mol. The maximum atomic E-state index is 13.2. The summed E-state index contributed by atoms with van der Waals surface area (Å²) in [5, 5.41) is 6.00. The largest absolute Gasteiger partial charge is 0.348 e. The van der Waals surface area contributed by atoms with Crippen LogP contribution in [-0.4, -0.2) is 59.6 Å². The van der Waals surface area contributed by atoms with Crippen molar-refractivity contribution < 1.29 is 14.0 Å². The minimum Gasteiger partial charge on any atom is -0.348 e. The molecule has 118 valence electrons. The molecule has 1 aromatic rings. The smallest absolute Gasteiger partial charge is 0.253 e. The molecule has 2 aliphatic heterocycles. The summed E-state index contributed by atoms with van der Waals surface area (Å²) in [6, 6.07) is 2.95. The van der Waals surface area contributed by atoms with E-state index in [2.05, 4.69) is 15.6 Å². The van der Waals surface area contributed by atoms with Crippen LogP contribution in [0.25, 0.3) is 0 Å². The molecule has 1 unspecified atom stereocenters. The van der Waals surface area contributed by atoms with Gasteiger partial charge in [0.2, 0.25) is 5.91 Å². The highest BCUT2D eigenvalue weighted by Crippen LogP contribution is 2.17. The van der Waals surface area contributed by atoms with Gasteiger partial charge in [-0.05, 0) is 25.0 Å². The van der Waals surface area contributed by atoms with E-state index in [4.69, 9.17) is 0 Å². The first kappa shape index (κ1) is 14.9. The van der Waals surface area contributed by atoms with Crippen LogP contribution in [0.15, 0.2) is 24.5 Å². The summed E-state index contributed by atoms with van der Waals surface area (Å²) in [5.74, 6) is -0.267. The number of carbonyl (C=O) groups excluding carboxylic acids is 2. The number of hydrogen-bond acceptors (Lipinski definition) is 4. The molecule has 3 heterocycles. The SMILES string of the molecule is O=C(N[C@@H]1CN[C@H](C(=O)N2CCC(F)C2)C1)c1cccnc1. The van der Waals surface area contributed by atoms with Crippen LogP contribution in [0.2, 0.25) is 0 Å². The molecular formula is C15H19FN4O2. The third kappa shape index (κ3) is 3.24. The number of hydrogen-bond donors (Lipinski definition) is 2. The van der Waals surface area contributed by atoms with Gasteiger partial charge in [-0.3, -0.25) is 14.6 Å². The van der Waals surface area contributed by atoms with E-state index < -0.39 is 6.17 Å². The topological polar surface area (TPSA) is 74.3 Å². The van der Waals surface area contributed by atoms with Gasteiger partial charge in [0.1, 0.15) is 6.17 Å². The van der Waals surface area contributed by atoms with Gasteiger partial charge in [-0.2, -0.15) is 0 Å². The third-order valence-corrected chi connectivity index (χ3v) is 4.13. The fourth-order valence-corrected chi connectivity index (χ4v) is 2.94. The van der Waals surface area contributed by atoms with E-state index >= 15 is 0 Å². The first-order valence-electron chi connectivity index (χ1n) is 7.50. The molecule has 3 atom stereocenters. The molecule has 2 amide bonds. The first-order valence-corrected chi connectivity index (χ1v) is 7.50. The molecule has 0 radical (unpaired) electrons. The van der Waals surface area contributed by atoms with Crippen molar-refractivity contribution in [2.24, 2.45) is 0 Å². The predicted molar refractivity (Wildman–Crippen MR) is 78.0 cm³/mol. The molecule has 0 aliphatic carbocycles. The number of nitrogens with one attached hydrogen (secondary N) is 2. The van der Waals surface area contributed by atoms with Gasteiger partial charge in [-0.25, -0.2) is 4.39 Å². The molecule has 2 N–H and O–H groups in total. The van der Waals surface area contributed by atoms with Crippen LogP contribution in [-0.2, 0) is 4.79 Å². The molecule has 2 aliphatic rings. The van der Waals surface area contributed by atoms with Gasteiger partial charge in [-0.15, -0.1) is 0 Å². The van der Waals surface area contributed by atoms with Crippen molar-refractivity contribution in [2.75, 3.05) is 19.6 Å². The lowest BCUT2D eigenvalue weighted by Crippen LogP contribution is -2.42. The van der Waals surface area contributed by atoms with E-state index in [1.54, 1.807) is 23.2 Å². The number of carbonyl (C=O) groups is 2. The first-order chi connectivity index (χ1) is 10.6. The molecule has 0 aromatic carbocycles. The number of likely N-dealkylation sites (tertiary alicyclic amines) is 1. The second-order valence-electron chi connectivity index (χ2n) is 5.78. The summed E-state index contributed by atoms with van der Waals surface area (Å²) < 4.78 is 13.2. The van der Waals surface area contributed by atoms with Crippen LogP contribution in [0.1, 0.15) is 23.2 Å². The van der Waals surface area contributed by atoms with Gasteiger partial charge in [-0.1, -0.05) is 0 Å². The number of rotatable bonds is 3. The van der Waals surface area contributed by atoms with Crippen molar-refractivity contribution >= 4 is 11.8 Å².